The lowest BCUT2D eigenvalue weighted by molar-refractivity contribution is -0.114. The number of benzene rings is 1. The summed E-state index contributed by atoms with van der Waals surface area (Å²) in [6.45, 7) is 0.636. The molecule has 0 spiro atoms. The second-order valence-electron chi connectivity index (χ2n) is 6.19. The summed E-state index contributed by atoms with van der Waals surface area (Å²) in [6.07, 6.45) is 6.39. The van der Waals surface area contributed by atoms with E-state index >= 15 is 0 Å². The molecule has 0 aliphatic heterocycles. The topological polar surface area (TPSA) is 108 Å². The second kappa shape index (κ2) is 8.77. The third-order valence-corrected chi connectivity index (χ3v) is 4.74. The van der Waals surface area contributed by atoms with Crippen LogP contribution in [0.1, 0.15) is 12.1 Å². The van der Waals surface area contributed by atoms with Gasteiger partial charge in [0, 0.05) is 36.4 Å². The largest absolute Gasteiger partial charge is 0.309 e. The van der Waals surface area contributed by atoms with Gasteiger partial charge in [-0.05, 0) is 36.8 Å². The van der Waals surface area contributed by atoms with Crippen LogP contribution in [0.4, 0.5) is 5.69 Å². The standard InChI is InChI=1S/C19H21N5O3S/c1-28(26,27)21-13-6-14-24(15-7-3-2-4-8-15)18(25)11-10-17-16-9-5-12-20-19(16)23-22-17/h2-5,7-12,21H,6,13-14H2,1H3,(H,20,22,23). The predicted octanol–water partition coefficient (Wildman–Crippen LogP) is 1.94. The molecule has 2 heterocycles. The number of pyridine rings is 1. The number of sulfonamides is 1. The molecule has 0 atom stereocenters. The molecule has 0 unspecified atom stereocenters. The first-order valence-corrected chi connectivity index (χ1v) is 10.6. The van der Waals surface area contributed by atoms with E-state index in [4.69, 9.17) is 0 Å². The van der Waals surface area contributed by atoms with Gasteiger partial charge in [0.25, 0.3) is 5.91 Å². The zero-order valence-corrected chi connectivity index (χ0v) is 16.2. The third-order valence-electron chi connectivity index (χ3n) is 4.01. The van der Waals surface area contributed by atoms with Crippen molar-refractivity contribution in [2.24, 2.45) is 0 Å². The Bertz CT molecular complexity index is 1080. The van der Waals surface area contributed by atoms with Crippen molar-refractivity contribution in [1.29, 1.82) is 0 Å². The quantitative estimate of drug-likeness (QED) is 0.445. The number of hydrogen-bond donors (Lipinski definition) is 2. The molecule has 0 fully saturated rings. The minimum atomic E-state index is -3.25. The molecule has 3 rings (SSSR count). The van der Waals surface area contributed by atoms with E-state index in [0.29, 0.717) is 24.3 Å². The molecular formula is C19H21N5O3S. The van der Waals surface area contributed by atoms with E-state index in [2.05, 4.69) is 19.9 Å². The molecule has 0 saturated carbocycles. The van der Waals surface area contributed by atoms with E-state index in [0.717, 1.165) is 17.3 Å². The van der Waals surface area contributed by atoms with Crippen LogP contribution in [-0.4, -0.2) is 48.9 Å². The average Bonchev–Trinajstić information content (AvgIpc) is 3.09. The lowest BCUT2D eigenvalue weighted by Gasteiger charge is -2.21. The van der Waals surface area contributed by atoms with Crippen LogP contribution in [0.5, 0.6) is 0 Å². The van der Waals surface area contributed by atoms with Gasteiger partial charge in [0.2, 0.25) is 10.0 Å². The third kappa shape index (κ3) is 5.24. The first-order valence-electron chi connectivity index (χ1n) is 8.72. The number of nitrogens with zero attached hydrogens (tertiary/aromatic N) is 3. The number of aromatic nitrogens is 3. The maximum absolute atomic E-state index is 12.8. The number of carbonyl (C=O) groups excluding carboxylic acids is 1. The lowest BCUT2D eigenvalue weighted by atomic mass is 10.2. The molecule has 0 bridgehead atoms. The number of hydrogen-bond acceptors (Lipinski definition) is 5. The molecule has 8 nitrogen and oxygen atoms in total. The normalized spacial score (nSPS) is 11.9. The van der Waals surface area contributed by atoms with Gasteiger partial charge < -0.3 is 4.90 Å². The molecule has 1 aromatic carbocycles. The number of carbonyl (C=O) groups is 1. The molecule has 28 heavy (non-hydrogen) atoms. The van der Waals surface area contributed by atoms with Crippen LogP contribution in [0, 0.1) is 0 Å². The van der Waals surface area contributed by atoms with E-state index in [1.807, 2.05) is 42.5 Å². The number of para-hydroxylation sites is 1. The highest BCUT2D eigenvalue weighted by Crippen LogP contribution is 2.17. The van der Waals surface area contributed by atoms with Crippen molar-refractivity contribution in [2.45, 2.75) is 6.42 Å². The van der Waals surface area contributed by atoms with E-state index in [1.165, 1.54) is 6.08 Å². The Kier molecular flexibility index (Phi) is 6.17. The van der Waals surface area contributed by atoms with Crippen LogP contribution in [0.15, 0.2) is 54.7 Å². The number of H-pyrrole nitrogens is 1. The van der Waals surface area contributed by atoms with Crippen LogP contribution in [-0.2, 0) is 14.8 Å². The van der Waals surface area contributed by atoms with E-state index < -0.39 is 10.0 Å². The van der Waals surface area contributed by atoms with Crippen molar-refractivity contribution >= 4 is 38.7 Å². The van der Waals surface area contributed by atoms with E-state index in [-0.39, 0.29) is 12.5 Å². The van der Waals surface area contributed by atoms with Gasteiger partial charge in [0.15, 0.2) is 5.65 Å². The highest BCUT2D eigenvalue weighted by molar-refractivity contribution is 7.88. The van der Waals surface area contributed by atoms with Crippen LogP contribution in [0.2, 0.25) is 0 Å². The Morgan fingerprint density at radius 2 is 2.00 bits per heavy atom. The van der Waals surface area contributed by atoms with Gasteiger partial charge >= 0.3 is 0 Å². The summed E-state index contributed by atoms with van der Waals surface area (Å²) in [7, 11) is -3.25. The van der Waals surface area contributed by atoms with Gasteiger partial charge in [-0.1, -0.05) is 18.2 Å². The van der Waals surface area contributed by atoms with Gasteiger partial charge in [-0.3, -0.25) is 9.89 Å². The van der Waals surface area contributed by atoms with Crippen LogP contribution in [0.3, 0.4) is 0 Å². The number of fused-ring (bicyclic) bond motifs is 1. The Labute approximate surface area is 163 Å². The van der Waals surface area contributed by atoms with Crippen molar-refractivity contribution in [1.82, 2.24) is 19.9 Å². The minimum absolute atomic E-state index is 0.211. The zero-order valence-electron chi connectivity index (χ0n) is 15.4. The van der Waals surface area contributed by atoms with E-state index in [9.17, 15) is 13.2 Å². The van der Waals surface area contributed by atoms with Crippen LogP contribution >= 0.6 is 0 Å². The number of amides is 1. The summed E-state index contributed by atoms with van der Waals surface area (Å²) in [5, 5.41) is 7.80. The number of aromatic amines is 1. The smallest absolute Gasteiger partial charge is 0.251 e. The molecule has 2 aromatic heterocycles. The molecule has 0 saturated heterocycles. The van der Waals surface area contributed by atoms with Crippen molar-refractivity contribution < 1.29 is 13.2 Å². The van der Waals surface area contributed by atoms with Crippen molar-refractivity contribution in [3.05, 3.63) is 60.4 Å². The van der Waals surface area contributed by atoms with Gasteiger partial charge in [-0.25, -0.2) is 18.1 Å². The van der Waals surface area contributed by atoms with Gasteiger partial charge in [-0.2, -0.15) is 5.10 Å². The van der Waals surface area contributed by atoms with Crippen LogP contribution < -0.4 is 9.62 Å². The molecule has 0 aliphatic carbocycles. The summed E-state index contributed by atoms with van der Waals surface area (Å²) >= 11 is 0. The van der Waals surface area contributed by atoms with Gasteiger partial charge in [-0.15, -0.1) is 0 Å². The SMILES string of the molecule is CS(=O)(=O)NCCCN(C(=O)C=Cc1[nH]nc2ncccc12)c1ccccc1. The highest BCUT2D eigenvalue weighted by Gasteiger charge is 2.13. The fourth-order valence-electron chi connectivity index (χ4n) is 2.71. The zero-order chi connectivity index (χ0) is 20.0. The Morgan fingerprint density at radius 1 is 1.21 bits per heavy atom. The molecule has 146 valence electrons. The summed E-state index contributed by atoms with van der Waals surface area (Å²) in [5.41, 5.74) is 2.03. The number of rotatable bonds is 8. The number of anilines is 1. The fraction of sp³-hybridized carbons (Fsp3) is 0.211. The molecule has 0 radical (unpaired) electrons. The fourth-order valence-corrected chi connectivity index (χ4v) is 3.23. The Hall–Kier alpha value is -3.04. The monoisotopic (exact) mass is 399 g/mol. The van der Waals surface area contributed by atoms with Crippen molar-refractivity contribution in [3.8, 4) is 0 Å². The summed E-state index contributed by atoms with van der Waals surface area (Å²) < 4.78 is 24.8. The average molecular weight is 399 g/mol. The molecule has 3 aromatic rings. The molecule has 1 amide bonds. The van der Waals surface area contributed by atoms with E-state index in [1.54, 1.807) is 17.2 Å². The molecule has 0 aliphatic rings. The van der Waals surface area contributed by atoms with Gasteiger partial charge in [0.1, 0.15) is 0 Å². The van der Waals surface area contributed by atoms with Crippen LogP contribution in [0.25, 0.3) is 17.1 Å². The Morgan fingerprint density at radius 3 is 2.75 bits per heavy atom. The molecular weight excluding hydrogens is 378 g/mol. The Balaban J connectivity index is 1.74. The van der Waals surface area contributed by atoms with Gasteiger partial charge in [0.05, 0.1) is 11.9 Å². The first kappa shape index (κ1) is 19.7. The molecule has 9 heteroatoms. The number of nitrogens with one attached hydrogen (secondary N) is 2. The predicted molar refractivity (Wildman–Crippen MR) is 109 cm³/mol. The first-order chi connectivity index (χ1) is 13.4. The molecule has 2 N–H and O–H groups in total. The minimum Gasteiger partial charge on any atom is -0.309 e. The summed E-state index contributed by atoms with van der Waals surface area (Å²) in [4.78, 5) is 18.6. The summed E-state index contributed by atoms with van der Waals surface area (Å²) in [5.74, 6) is -0.211. The lowest BCUT2D eigenvalue weighted by Crippen LogP contribution is -2.33. The highest BCUT2D eigenvalue weighted by atomic mass is 32.2. The summed E-state index contributed by atoms with van der Waals surface area (Å²) in [6, 6.07) is 12.9. The maximum atomic E-state index is 12.8. The maximum Gasteiger partial charge on any atom is 0.251 e. The van der Waals surface area contributed by atoms with Crippen molar-refractivity contribution in [3.63, 3.8) is 0 Å². The van der Waals surface area contributed by atoms with Crippen molar-refractivity contribution in [2.75, 3.05) is 24.2 Å². The second-order valence-corrected chi connectivity index (χ2v) is 8.02.